The average Bonchev–Trinajstić information content (AvgIpc) is 2.27. The number of hydrogen-bond donors (Lipinski definition) is 3. The number of carboxylic acids is 1. The van der Waals surface area contributed by atoms with E-state index in [4.69, 9.17) is 16.6 Å². The third-order valence-corrected chi connectivity index (χ3v) is 2.62. The van der Waals surface area contributed by atoms with Gasteiger partial charge in [0.15, 0.2) is 0 Å². The van der Waals surface area contributed by atoms with Gasteiger partial charge in [0.1, 0.15) is 5.54 Å². The van der Waals surface area contributed by atoms with Crippen LogP contribution in [0.1, 0.15) is 18.4 Å². The van der Waals surface area contributed by atoms with Crippen LogP contribution in [0.15, 0.2) is 30.3 Å². The molecule has 1 aromatic rings. The van der Waals surface area contributed by atoms with Crippen molar-refractivity contribution in [2.24, 2.45) is 11.5 Å². The lowest BCUT2D eigenvalue weighted by Gasteiger charge is -2.24. The van der Waals surface area contributed by atoms with E-state index in [1.807, 2.05) is 30.3 Å². The molecule has 16 heavy (non-hydrogen) atoms. The Labute approximate surface area is 95.3 Å². The van der Waals surface area contributed by atoms with Crippen molar-refractivity contribution >= 4 is 5.97 Å². The molecule has 0 aliphatic carbocycles. The van der Waals surface area contributed by atoms with E-state index in [-0.39, 0.29) is 0 Å². The standard InChI is InChI=1S/C12H18N2O2/c13-8-4-7-12(14,11(15)16)9-10-5-2-1-3-6-10/h1-3,5-6H,4,7-9,13-14H2,(H,15,16). The summed E-state index contributed by atoms with van der Waals surface area (Å²) in [5.41, 5.74) is 11.0. The van der Waals surface area contributed by atoms with Crippen molar-refractivity contribution in [3.05, 3.63) is 35.9 Å². The normalized spacial score (nSPS) is 14.4. The largest absolute Gasteiger partial charge is 0.480 e. The van der Waals surface area contributed by atoms with Gasteiger partial charge in [-0.25, -0.2) is 0 Å². The summed E-state index contributed by atoms with van der Waals surface area (Å²) < 4.78 is 0. The molecular weight excluding hydrogens is 204 g/mol. The van der Waals surface area contributed by atoms with Crippen molar-refractivity contribution in [2.45, 2.75) is 24.8 Å². The van der Waals surface area contributed by atoms with Crippen LogP contribution < -0.4 is 11.5 Å². The highest BCUT2D eigenvalue weighted by Crippen LogP contribution is 2.16. The average molecular weight is 222 g/mol. The molecular formula is C12H18N2O2. The summed E-state index contributed by atoms with van der Waals surface area (Å²) in [4.78, 5) is 11.2. The maximum atomic E-state index is 11.2. The van der Waals surface area contributed by atoms with E-state index >= 15 is 0 Å². The molecule has 1 unspecified atom stereocenters. The van der Waals surface area contributed by atoms with Gasteiger partial charge in [-0.05, 0) is 24.9 Å². The summed E-state index contributed by atoms with van der Waals surface area (Å²) in [7, 11) is 0. The van der Waals surface area contributed by atoms with Crippen molar-refractivity contribution in [1.82, 2.24) is 0 Å². The van der Waals surface area contributed by atoms with Crippen molar-refractivity contribution in [2.75, 3.05) is 6.54 Å². The van der Waals surface area contributed by atoms with Gasteiger partial charge in [-0.3, -0.25) is 4.79 Å². The van der Waals surface area contributed by atoms with Gasteiger partial charge in [0.05, 0.1) is 0 Å². The molecule has 0 heterocycles. The Morgan fingerprint density at radius 2 is 1.94 bits per heavy atom. The number of aliphatic carboxylic acids is 1. The molecule has 5 N–H and O–H groups in total. The van der Waals surface area contributed by atoms with Crippen LogP contribution in [0.5, 0.6) is 0 Å². The summed E-state index contributed by atoms with van der Waals surface area (Å²) in [6.07, 6.45) is 1.35. The van der Waals surface area contributed by atoms with Gasteiger partial charge in [0.25, 0.3) is 0 Å². The second kappa shape index (κ2) is 5.63. The summed E-state index contributed by atoms with van der Waals surface area (Å²) >= 11 is 0. The number of benzene rings is 1. The molecule has 0 saturated heterocycles. The number of carboxylic acid groups (broad SMARTS) is 1. The van der Waals surface area contributed by atoms with Crippen LogP contribution in [0.3, 0.4) is 0 Å². The summed E-state index contributed by atoms with van der Waals surface area (Å²) in [5.74, 6) is -0.968. The SMILES string of the molecule is NCCCC(N)(Cc1ccccc1)C(=O)O. The fourth-order valence-electron chi connectivity index (χ4n) is 1.65. The molecule has 1 aromatic carbocycles. The quantitative estimate of drug-likeness (QED) is 0.662. The molecule has 4 heteroatoms. The summed E-state index contributed by atoms with van der Waals surface area (Å²) in [5, 5.41) is 9.15. The molecule has 0 radical (unpaired) electrons. The Balaban J connectivity index is 2.75. The molecule has 0 amide bonds. The first kappa shape index (κ1) is 12.7. The van der Waals surface area contributed by atoms with Crippen molar-refractivity contribution in [1.29, 1.82) is 0 Å². The minimum atomic E-state index is -1.21. The maximum Gasteiger partial charge on any atom is 0.324 e. The third-order valence-electron chi connectivity index (χ3n) is 2.62. The molecule has 0 aromatic heterocycles. The Morgan fingerprint density at radius 1 is 1.31 bits per heavy atom. The zero-order chi connectivity index (χ0) is 12.0. The second-order valence-corrected chi connectivity index (χ2v) is 4.02. The zero-order valence-electron chi connectivity index (χ0n) is 9.23. The number of nitrogens with two attached hydrogens (primary N) is 2. The molecule has 0 saturated carbocycles. The van der Waals surface area contributed by atoms with Crippen LogP contribution in [0.25, 0.3) is 0 Å². The predicted molar refractivity (Wildman–Crippen MR) is 63.0 cm³/mol. The zero-order valence-corrected chi connectivity index (χ0v) is 9.23. The van der Waals surface area contributed by atoms with Crippen LogP contribution >= 0.6 is 0 Å². The van der Waals surface area contributed by atoms with Crippen molar-refractivity contribution < 1.29 is 9.90 Å². The van der Waals surface area contributed by atoms with Crippen molar-refractivity contribution in [3.8, 4) is 0 Å². The number of rotatable bonds is 6. The van der Waals surface area contributed by atoms with E-state index in [2.05, 4.69) is 0 Å². The molecule has 1 rings (SSSR count). The number of carbonyl (C=O) groups is 1. The van der Waals surface area contributed by atoms with Crippen molar-refractivity contribution in [3.63, 3.8) is 0 Å². The van der Waals surface area contributed by atoms with E-state index in [1.165, 1.54) is 0 Å². The molecule has 0 aliphatic heterocycles. The molecule has 4 nitrogen and oxygen atoms in total. The topological polar surface area (TPSA) is 89.3 Å². The van der Waals surface area contributed by atoms with Gasteiger partial charge in [-0.2, -0.15) is 0 Å². The fourth-order valence-corrected chi connectivity index (χ4v) is 1.65. The van der Waals surface area contributed by atoms with Gasteiger partial charge in [0.2, 0.25) is 0 Å². The van der Waals surface area contributed by atoms with E-state index in [1.54, 1.807) is 0 Å². The lowest BCUT2D eigenvalue weighted by Crippen LogP contribution is -2.50. The highest BCUT2D eigenvalue weighted by Gasteiger charge is 2.33. The van der Waals surface area contributed by atoms with Crippen LogP contribution in [-0.4, -0.2) is 23.2 Å². The van der Waals surface area contributed by atoms with Gasteiger partial charge in [-0.1, -0.05) is 30.3 Å². The molecule has 88 valence electrons. The Morgan fingerprint density at radius 3 is 2.44 bits per heavy atom. The van der Waals surface area contributed by atoms with Gasteiger partial charge in [-0.15, -0.1) is 0 Å². The Kier molecular flexibility index (Phi) is 4.46. The van der Waals surface area contributed by atoms with E-state index in [9.17, 15) is 4.79 Å². The van der Waals surface area contributed by atoms with E-state index in [0.29, 0.717) is 25.8 Å². The Hall–Kier alpha value is -1.39. The minimum Gasteiger partial charge on any atom is -0.480 e. The number of hydrogen-bond acceptors (Lipinski definition) is 3. The highest BCUT2D eigenvalue weighted by molar-refractivity contribution is 5.78. The van der Waals surface area contributed by atoms with Crippen LogP contribution in [-0.2, 0) is 11.2 Å². The van der Waals surface area contributed by atoms with E-state index in [0.717, 1.165) is 5.56 Å². The van der Waals surface area contributed by atoms with Crippen LogP contribution in [0.2, 0.25) is 0 Å². The van der Waals surface area contributed by atoms with Gasteiger partial charge < -0.3 is 16.6 Å². The van der Waals surface area contributed by atoms with Crippen LogP contribution in [0, 0.1) is 0 Å². The third kappa shape index (κ3) is 3.32. The first-order valence-electron chi connectivity index (χ1n) is 5.35. The molecule has 0 spiro atoms. The lowest BCUT2D eigenvalue weighted by atomic mass is 9.87. The first-order chi connectivity index (χ1) is 7.58. The second-order valence-electron chi connectivity index (χ2n) is 4.02. The summed E-state index contributed by atoms with van der Waals surface area (Å²) in [6, 6.07) is 9.41. The van der Waals surface area contributed by atoms with Crippen LogP contribution in [0.4, 0.5) is 0 Å². The predicted octanol–water partition coefficient (Wildman–Crippen LogP) is 0.750. The van der Waals surface area contributed by atoms with E-state index < -0.39 is 11.5 Å². The molecule has 1 atom stereocenters. The van der Waals surface area contributed by atoms with Gasteiger partial charge in [0, 0.05) is 6.42 Å². The first-order valence-corrected chi connectivity index (χ1v) is 5.35. The van der Waals surface area contributed by atoms with Gasteiger partial charge >= 0.3 is 5.97 Å². The smallest absolute Gasteiger partial charge is 0.324 e. The molecule has 0 fully saturated rings. The summed E-state index contributed by atoms with van der Waals surface area (Å²) in [6.45, 7) is 0.459. The lowest BCUT2D eigenvalue weighted by molar-refractivity contribution is -0.143. The maximum absolute atomic E-state index is 11.2. The monoisotopic (exact) mass is 222 g/mol. The molecule has 0 bridgehead atoms. The molecule has 0 aliphatic rings. The minimum absolute atomic E-state index is 0.336. The fraction of sp³-hybridized carbons (Fsp3) is 0.417. The highest BCUT2D eigenvalue weighted by atomic mass is 16.4. The Bertz CT molecular complexity index is 340.